The highest BCUT2D eigenvalue weighted by atomic mass is 16.5. The Labute approximate surface area is 136 Å². The Morgan fingerprint density at radius 2 is 1.42 bits per heavy atom. The number of aromatic nitrogens is 2. The summed E-state index contributed by atoms with van der Waals surface area (Å²) in [5.41, 5.74) is 0.487. The molecule has 0 bridgehead atoms. The number of rotatable bonds is 5. The van der Waals surface area contributed by atoms with Gasteiger partial charge in [0.25, 0.3) is 0 Å². The summed E-state index contributed by atoms with van der Waals surface area (Å²) in [5, 5.41) is 18.3. The summed E-state index contributed by atoms with van der Waals surface area (Å²) in [6.07, 6.45) is 0. The van der Waals surface area contributed by atoms with E-state index in [0.29, 0.717) is 16.8 Å². The van der Waals surface area contributed by atoms with E-state index < -0.39 is 17.9 Å². The molecule has 2 aromatic heterocycles. The van der Waals surface area contributed by atoms with Gasteiger partial charge in [-0.1, -0.05) is 0 Å². The molecule has 2 aromatic rings. The van der Waals surface area contributed by atoms with Crippen molar-refractivity contribution in [2.45, 2.75) is 13.8 Å². The molecule has 0 aliphatic rings. The molecule has 2 heterocycles. The molecule has 0 radical (unpaired) electrons. The minimum absolute atomic E-state index is 0.116. The maximum Gasteiger partial charge on any atom is 0.356 e. The molecule has 0 saturated heterocycles. The zero-order chi connectivity index (χ0) is 17.9. The lowest BCUT2D eigenvalue weighted by atomic mass is 10.0. The van der Waals surface area contributed by atoms with Gasteiger partial charge in [0.2, 0.25) is 0 Å². The maximum atomic E-state index is 11.9. The molecule has 0 amide bonds. The van der Waals surface area contributed by atoms with Gasteiger partial charge < -0.3 is 14.9 Å². The van der Waals surface area contributed by atoms with E-state index in [1.807, 2.05) is 0 Å². The largest absolute Gasteiger partial charge is 0.477 e. The number of ether oxygens (including phenoxy) is 1. The van der Waals surface area contributed by atoms with Gasteiger partial charge in [-0.05, 0) is 49.2 Å². The first kappa shape index (κ1) is 17.1. The summed E-state index contributed by atoms with van der Waals surface area (Å²) in [6, 6.07) is 5.49. The number of carboxylic acid groups (broad SMARTS) is 2. The van der Waals surface area contributed by atoms with Gasteiger partial charge in [0.1, 0.15) is 17.1 Å². The van der Waals surface area contributed by atoms with Crippen molar-refractivity contribution in [3.63, 3.8) is 0 Å². The van der Waals surface area contributed by atoms with Gasteiger partial charge in [-0.25, -0.2) is 24.4 Å². The average molecular weight is 330 g/mol. The summed E-state index contributed by atoms with van der Waals surface area (Å²) in [6.45, 7) is 3.34. The Morgan fingerprint density at radius 3 is 1.96 bits per heavy atom. The highest BCUT2D eigenvalue weighted by molar-refractivity contribution is 5.94. The second kappa shape index (κ2) is 6.86. The molecule has 0 aromatic carbocycles. The molecule has 2 rings (SSSR count). The van der Waals surface area contributed by atoms with Crippen molar-refractivity contribution in [2.24, 2.45) is 0 Å². The van der Waals surface area contributed by atoms with Crippen LogP contribution in [0.25, 0.3) is 11.1 Å². The number of carbonyl (C=O) groups is 3. The molecule has 2 N–H and O–H groups in total. The number of aryl methyl sites for hydroxylation is 1. The molecule has 0 aliphatic carbocycles. The lowest BCUT2D eigenvalue weighted by Crippen LogP contribution is -2.11. The van der Waals surface area contributed by atoms with E-state index in [1.165, 1.54) is 18.2 Å². The van der Waals surface area contributed by atoms with Gasteiger partial charge in [0.15, 0.2) is 0 Å². The lowest BCUT2D eigenvalue weighted by molar-refractivity contribution is 0.0518. The number of pyridine rings is 2. The molecule has 8 nitrogen and oxygen atoms in total. The van der Waals surface area contributed by atoms with Crippen LogP contribution in [0.2, 0.25) is 0 Å². The van der Waals surface area contributed by atoms with Crippen molar-refractivity contribution < 1.29 is 29.3 Å². The van der Waals surface area contributed by atoms with Crippen LogP contribution in [0, 0.1) is 6.92 Å². The quantitative estimate of drug-likeness (QED) is 0.797. The summed E-state index contributed by atoms with van der Waals surface area (Å²) in [5.74, 6) is -3.28. The van der Waals surface area contributed by atoms with Crippen molar-refractivity contribution in [1.29, 1.82) is 0 Å². The van der Waals surface area contributed by atoms with Crippen LogP contribution in [0.4, 0.5) is 0 Å². The van der Waals surface area contributed by atoms with Crippen molar-refractivity contribution >= 4 is 17.9 Å². The second-order valence-corrected chi connectivity index (χ2v) is 4.84. The van der Waals surface area contributed by atoms with Gasteiger partial charge >= 0.3 is 17.9 Å². The fraction of sp³-hybridized carbons (Fsp3) is 0.188. The van der Waals surface area contributed by atoms with Crippen LogP contribution in [0.3, 0.4) is 0 Å². The van der Waals surface area contributed by atoms with E-state index in [2.05, 4.69) is 9.97 Å². The SMILES string of the molecule is CCOC(=O)c1cc(-c2cc(C)nc(C(=O)O)c2)cc(C(=O)O)n1. The normalized spacial score (nSPS) is 10.2. The Kier molecular flexibility index (Phi) is 4.88. The maximum absolute atomic E-state index is 11.9. The summed E-state index contributed by atoms with van der Waals surface area (Å²) >= 11 is 0. The van der Waals surface area contributed by atoms with Crippen LogP contribution < -0.4 is 0 Å². The number of carboxylic acids is 2. The Bertz CT molecular complexity index is 831. The molecule has 0 saturated carbocycles. The van der Waals surface area contributed by atoms with E-state index in [0.717, 1.165) is 0 Å². The van der Waals surface area contributed by atoms with Crippen LogP contribution in [0.1, 0.15) is 44.1 Å². The first-order chi connectivity index (χ1) is 11.3. The number of esters is 1. The van der Waals surface area contributed by atoms with E-state index in [-0.39, 0.29) is 23.7 Å². The third-order valence-electron chi connectivity index (χ3n) is 3.03. The number of hydrogen-bond acceptors (Lipinski definition) is 6. The third kappa shape index (κ3) is 3.72. The van der Waals surface area contributed by atoms with Gasteiger partial charge in [0.05, 0.1) is 6.61 Å². The number of aromatic carboxylic acids is 2. The molecule has 0 fully saturated rings. The fourth-order valence-corrected chi connectivity index (χ4v) is 2.06. The second-order valence-electron chi connectivity index (χ2n) is 4.84. The molecule has 8 heteroatoms. The standard InChI is InChI=1S/C16H14N2O6/c1-3-24-16(23)13-7-10(6-12(18-13)15(21)22)9-4-8(2)17-11(5-9)14(19)20/h4-7H,3H2,1-2H3,(H,19,20)(H,21,22). The molecule has 0 atom stereocenters. The van der Waals surface area contributed by atoms with E-state index in [9.17, 15) is 14.4 Å². The zero-order valence-corrected chi connectivity index (χ0v) is 12.9. The Hall–Kier alpha value is -3.29. The predicted molar refractivity (Wildman–Crippen MR) is 82.1 cm³/mol. The van der Waals surface area contributed by atoms with E-state index >= 15 is 0 Å². The van der Waals surface area contributed by atoms with Gasteiger partial charge in [-0.3, -0.25) is 0 Å². The zero-order valence-electron chi connectivity index (χ0n) is 12.9. The summed E-state index contributed by atoms with van der Waals surface area (Å²) in [7, 11) is 0. The average Bonchev–Trinajstić information content (AvgIpc) is 2.54. The summed E-state index contributed by atoms with van der Waals surface area (Å²) < 4.78 is 4.84. The minimum Gasteiger partial charge on any atom is -0.477 e. The van der Waals surface area contributed by atoms with Crippen molar-refractivity contribution in [3.8, 4) is 11.1 Å². The lowest BCUT2D eigenvalue weighted by Gasteiger charge is -2.08. The van der Waals surface area contributed by atoms with Crippen LogP contribution in [0.5, 0.6) is 0 Å². The first-order valence-electron chi connectivity index (χ1n) is 6.96. The fourth-order valence-electron chi connectivity index (χ4n) is 2.06. The topological polar surface area (TPSA) is 127 Å². The Morgan fingerprint density at radius 1 is 0.917 bits per heavy atom. The molecule has 124 valence electrons. The van der Waals surface area contributed by atoms with Crippen LogP contribution in [-0.4, -0.2) is 44.7 Å². The molecule has 0 unspecified atom stereocenters. The van der Waals surface area contributed by atoms with E-state index in [4.69, 9.17) is 14.9 Å². The van der Waals surface area contributed by atoms with Crippen LogP contribution in [-0.2, 0) is 4.74 Å². The van der Waals surface area contributed by atoms with Crippen molar-refractivity contribution in [3.05, 3.63) is 47.0 Å². The monoisotopic (exact) mass is 330 g/mol. The molecule has 0 spiro atoms. The van der Waals surface area contributed by atoms with Gasteiger partial charge in [0, 0.05) is 5.69 Å². The number of hydrogen-bond donors (Lipinski definition) is 2. The first-order valence-corrected chi connectivity index (χ1v) is 6.96. The molecular weight excluding hydrogens is 316 g/mol. The van der Waals surface area contributed by atoms with Crippen LogP contribution >= 0.6 is 0 Å². The number of nitrogens with zero attached hydrogens (tertiary/aromatic N) is 2. The molecule has 0 aliphatic heterocycles. The molecule has 24 heavy (non-hydrogen) atoms. The van der Waals surface area contributed by atoms with Gasteiger partial charge in [-0.15, -0.1) is 0 Å². The summed E-state index contributed by atoms with van der Waals surface area (Å²) in [4.78, 5) is 41.9. The molecular formula is C16H14N2O6. The highest BCUT2D eigenvalue weighted by Crippen LogP contribution is 2.23. The van der Waals surface area contributed by atoms with Gasteiger partial charge in [-0.2, -0.15) is 0 Å². The van der Waals surface area contributed by atoms with Crippen molar-refractivity contribution in [1.82, 2.24) is 9.97 Å². The smallest absolute Gasteiger partial charge is 0.356 e. The third-order valence-corrected chi connectivity index (χ3v) is 3.03. The van der Waals surface area contributed by atoms with Crippen molar-refractivity contribution in [2.75, 3.05) is 6.61 Å². The Balaban J connectivity index is 2.63. The highest BCUT2D eigenvalue weighted by Gasteiger charge is 2.17. The number of carbonyl (C=O) groups excluding carboxylic acids is 1. The minimum atomic E-state index is -1.31. The van der Waals surface area contributed by atoms with E-state index in [1.54, 1.807) is 19.9 Å². The predicted octanol–water partition coefficient (Wildman–Crippen LogP) is 2.03. The van der Waals surface area contributed by atoms with Crippen LogP contribution in [0.15, 0.2) is 24.3 Å².